The maximum absolute atomic E-state index is 13.1. The lowest BCUT2D eigenvalue weighted by Gasteiger charge is -2.42. The zero-order chi connectivity index (χ0) is 21.5. The van der Waals surface area contributed by atoms with Gasteiger partial charge in [0, 0.05) is 38.6 Å². The van der Waals surface area contributed by atoms with Crippen molar-refractivity contribution in [3.63, 3.8) is 0 Å². The van der Waals surface area contributed by atoms with Gasteiger partial charge in [0.15, 0.2) is 0 Å². The van der Waals surface area contributed by atoms with Crippen molar-refractivity contribution in [2.24, 2.45) is 11.8 Å². The number of hydrogen-bond donors (Lipinski definition) is 3. The highest BCUT2D eigenvalue weighted by Gasteiger charge is 2.34. The van der Waals surface area contributed by atoms with Gasteiger partial charge in [-0.3, -0.25) is 14.5 Å². The van der Waals surface area contributed by atoms with E-state index in [0.717, 1.165) is 77.9 Å². The topological polar surface area (TPSA) is 68.9 Å². The second-order valence-electron chi connectivity index (χ2n) is 10.3. The highest BCUT2D eigenvalue weighted by Crippen LogP contribution is 2.30. The molecule has 7 nitrogen and oxygen atoms in total. The number of nitrogens with one attached hydrogen (secondary N) is 3. The molecule has 1 amide bonds. The van der Waals surface area contributed by atoms with Crippen molar-refractivity contribution >= 4 is 5.91 Å². The van der Waals surface area contributed by atoms with E-state index >= 15 is 0 Å². The van der Waals surface area contributed by atoms with Crippen LogP contribution in [0.3, 0.4) is 0 Å². The van der Waals surface area contributed by atoms with Gasteiger partial charge in [-0.05, 0) is 76.4 Å². The van der Waals surface area contributed by atoms with E-state index in [2.05, 4.69) is 32.8 Å². The quantitative estimate of drug-likeness (QED) is 0.542. The van der Waals surface area contributed by atoms with Crippen LogP contribution < -0.4 is 16.1 Å². The molecule has 0 spiro atoms. The first-order chi connectivity index (χ1) is 15.2. The molecule has 31 heavy (non-hydrogen) atoms. The number of rotatable bonds is 8. The molecule has 0 aromatic carbocycles. The molecule has 0 aromatic rings. The summed E-state index contributed by atoms with van der Waals surface area (Å²) >= 11 is 0. The lowest BCUT2D eigenvalue weighted by molar-refractivity contribution is -0.135. The number of piperidine rings is 2. The predicted molar refractivity (Wildman–Crippen MR) is 123 cm³/mol. The molecule has 4 aliphatic heterocycles. The number of hydroxylamine groups is 1. The molecule has 0 aromatic heterocycles. The molecule has 4 fully saturated rings. The van der Waals surface area contributed by atoms with E-state index in [9.17, 15) is 4.79 Å². The van der Waals surface area contributed by atoms with Crippen molar-refractivity contribution in [1.82, 2.24) is 25.9 Å². The van der Waals surface area contributed by atoms with Gasteiger partial charge >= 0.3 is 0 Å². The Morgan fingerprint density at radius 2 is 1.94 bits per heavy atom. The third-order valence-corrected chi connectivity index (χ3v) is 8.01. The van der Waals surface area contributed by atoms with Crippen molar-refractivity contribution < 1.29 is 9.63 Å². The van der Waals surface area contributed by atoms with Gasteiger partial charge in [-0.25, -0.2) is 0 Å². The number of carbonyl (C=O) groups excluding carboxylic acids is 1. The molecule has 4 rings (SSSR count). The van der Waals surface area contributed by atoms with Gasteiger partial charge in [0.1, 0.15) is 0 Å². The van der Waals surface area contributed by atoms with Crippen molar-refractivity contribution in [3.8, 4) is 0 Å². The number of piperazine rings is 1. The third kappa shape index (κ3) is 6.64. The van der Waals surface area contributed by atoms with Crippen LogP contribution in [0.2, 0.25) is 0 Å². The summed E-state index contributed by atoms with van der Waals surface area (Å²) in [5, 5.41) is 7.22. The van der Waals surface area contributed by atoms with E-state index in [0.29, 0.717) is 36.1 Å². The first kappa shape index (κ1) is 23.4. The predicted octanol–water partition coefficient (Wildman–Crippen LogP) is 2.09. The van der Waals surface area contributed by atoms with Crippen LogP contribution in [0, 0.1) is 11.8 Å². The zero-order valence-corrected chi connectivity index (χ0v) is 19.6. The fraction of sp³-hybridized carbons (Fsp3) is 0.958. The van der Waals surface area contributed by atoms with Gasteiger partial charge in [0.05, 0.1) is 12.3 Å². The minimum absolute atomic E-state index is 0.372. The van der Waals surface area contributed by atoms with Crippen LogP contribution in [0.15, 0.2) is 0 Å². The standard InChI is InChI=1S/C24H45N5O2/c1-2-3-6-22-17-21(27-31-22)15-20-18-25-10-8-19(20)16-24(30)29-13-11-28(12-14-29)23-7-4-5-9-26-23/h19-23,25-27H,2-18H2,1H3/t19-,20+,21?,22?,23?/m0/s1. The highest BCUT2D eigenvalue weighted by molar-refractivity contribution is 5.76. The van der Waals surface area contributed by atoms with E-state index in [1.807, 2.05) is 0 Å². The van der Waals surface area contributed by atoms with Gasteiger partial charge in [0.25, 0.3) is 0 Å². The van der Waals surface area contributed by atoms with Crippen molar-refractivity contribution in [2.75, 3.05) is 45.8 Å². The van der Waals surface area contributed by atoms with Crippen molar-refractivity contribution in [1.29, 1.82) is 0 Å². The molecular weight excluding hydrogens is 390 g/mol. The molecule has 5 atom stereocenters. The Hall–Kier alpha value is -0.730. The summed E-state index contributed by atoms with van der Waals surface area (Å²) in [6.07, 6.45) is 12.5. The van der Waals surface area contributed by atoms with Crippen LogP contribution in [0.25, 0.3) is 0 Å². The monoisotopic (exact) mass is 435 g/mol. The van der Waals surface area contributed by atoms with Crippen LogP contribution >= 0.6 is 0 Å². The van der Waals surface area contributed by atoms with Gasteiger partial charge < -0.3 is 15.5 Å². The van der Waals surface area contributed by atoms with Crippen molar-refractivity contribution in [2.45, 2.75) is 89.4 Å². The molecule has 178 valence electrons. The minimum atomic E-state index is 0.372. The lowest BCUT2D eigenvalue weighted by Crippen LogP contribution is -2.57. The number of amides is 1. The smallest absolute Gasteiger partial charge is 0.222 e. The first-order valence-corrected chi connectivity index (χ1v) is 13.1. The largest absolute Gasteiger partial charge is 0.340 e. The maximum atomic E-state index is 13.1. The summed E-state index contributed by atoms with van der Waals surface area (Å²) in [6, 6.07) is 0.441. The molecule has 7 heteroatoms. The summed E-state index contributed by atoms with van der Waals surface area (Å²) in [5.74, 6) is 1.45. The van der Waals surface area contributed by atoms with E-state index in [-0.39, 0.29) is 0 Å². The Balaban J connectivity index is 1.21. The number of unbranched alkanes of at least 4 members (excludes halogenated alkanes) is 1. The Labute approximate surface area is 189 Å². The maximum Gasteiger partial charge on any atom is 0.222 e. The third-order valence-electron chi connectivity index (χ3n) is 8.01. The zero-order valence-electron chi connectivity index (χ0n) is 19.6. The fourth-order valence-electron chi connectivity index (χ4n) is 6.03. The molecule has 0 bridgehead atoms. The molecule has 3 unspecified atom stereocenters. The molecule has 0 saturated carbocycles. The SMILES string of the molecule is CCCCC1CC(C[C@@H]2CNCC[C@H]2CC(=O)N2CCN(C3CCCCN3)CC2)NO1. The average molecular weight is 436 g/mol. The van der Waals surface area contributed by atoms with Crippen LogP contribution in [-0.4, -0.2) is 79.8 Å². The molecule has 4 aliphatic rings. The van der Waals surface area contributed by atoms with E-state index in [4.69, 9.17) is 4.84 Å². The highest BCUT2D eigenvalue weighted by atomic mass is 16.7. The van der Waals surface area contributed by atoms with E-state index in [1.165, 1.54) is 32.1 Å². The molecule has 0 radical (unpaired) electrons. The van der Waals surface area contributed by atoms with Crippen LogP contribution in [0.4, 0.5) is 0 Å². The summed E-state index contributed by atoms with van der Waals surface area (Å²) in [6.45, 7) is 9.28. The summed E-state index contributed by atoms with van der Waals surface area (Å²) in [7, 11) is 0. The minimum Gasteiger partial charge on any atom is -0.340 e. The Bertz CT molecular complexity index is 548. The number of hydrogen-bond acceptors (Lipinski definition) is 6. The average Bonchev–Trinajstić information content (AvgIpc) is 3.27. The Kier molecular flexibility index (Phi) is 9.02. The van der Waals surface area contributed by atoms with Crippen molar-refractivity contribution in [3.05, 3.63) is 0 Å². The van der Waals surface area contributed by atoms with Crippen LogP contribution in [-0.2, 0) is 9.63 Å². The van der Waals surface area contributed by atoms with E-state index in [1.54, 1.807) is 0 Å². The number of nitrogens with zero attached hydrogens (tertiary/aromatic N) is 2. The van der Waals surface area contributed by atoms with Gasteiger partial charge in [0.2, 0.25) is 5.91 Å². The normalized spacial score (nSPS) is 35.4. The Morgan fingerprint density at radius 3 is 2.71 bits per heavy atom. The van der Waals surface area contributed by atoms with E-state index < -0.39 is 0 Å². The molecule has 0 aliphatic carbocycles. The Morgan fingerprint density at radius 1 is 1.06 bits per heavy atom. The second-order valence-corrected chi connectivity index (χ2v) is 10.3. The van der Waals surface area contributed by atoms with Gasteiger partial charge in [-0.15, -0.1) is 0 Å². The van der Waals surface area contributed by atoms with Gasteiger partial charge in [-0.1, -0.05) is 19.8 Å². The molecule has 4 saturated heterocycles. The summed E-state index contributed by atoms with van der Waals surface area (Å²) in [4.78, 5) is 23.6. The van der Waals surface area contributed by atoms with Gasteiger partial charge in [-0.2, -0.15) is 5.48 Å². The summed E-state index contributed by atoms with van der Waals surface area (Å²) in [5.41, 5.74) is 3.30. The first-order valence-electron chi connectivity index (χ1n) is 13.1. The molecular formula is C24H45N5O2. The fourth-order valence-corrected chi connectivity index (χ4v) is 6.03. The molecule has 4 heterocycles. The van der Waals surface area contributed by atoms with Crippen LogP contribution in [0.5, 0.6) is 0 Å². The molecule has 3 N–H and O–H groups in total. The second kappa shape index (κ2) is 11.9. The summed E-state index contributed by atoms with van der Waals surface area (Å²) < 4.78 is 0. The number of carbonyl (C=O) groups is 1. The van der Waals surface area contributed by atoms with Crippen LogP contribution in [0.1, 0.15) is 71.1 Å². The lowest BCUT2D eigenvalue weighted by atomic mass is 9.79.